The van der Waals surface area contributed by atoms with Crippen molar-refractivity contribution in [1.29, 1.82) is 0 Å². The zero-order valence-electron chi connectivity index (χ0n) is 5.52. The fourth-order valence-corrected chi connectivity index (χ4v) is 0.779. The summed E-state index contributed by atoms with van der Waals surface area (Å²) in [5, 5.41) is 7.51. The number of nitrogens with zero attached hydrogens (tertiary/aromatic N) is 1. The second-order valence-electron chi connectivity index (χ2n) is 2.53. The van der Waals surface area contributed by atoms with Crippen molar-refractivity contribution in [3.05, 3.63) is 0 Å². The molecule has 2 heteroatoms. The Bertz CT molecular complexity index is 66.9. The average Bonchev–Trinajstić information content (AvgIpc) is 1.55. The molecule has 8 heavy (non-hydrogen) atoms. The van der Waals surface area contributed by atoms with Crippen LogP contribution in [0, 0.1) is 0 Å². The van der Waals surface area contributed by atoms with Crippen LogP contribution in [0.5, 0.6) is 0 Å². The molecule has 1 heterocycles. The Morgan fingerprint density at radius 3 is 2.38 bits per heavy atom. The van der Waals surface area contributed by atoms with Crippen molar-refractivity contribution in [1.82, 2.24) is 10.6 Å². The van der Waals surface area contributed by atoms with Crippen LogP contribution in [0.3, 0.4) is 0 Å². The third-order valence-electron chi connectivity index (χ3n) is 1.28. The first-order valence-electron chi connectivity index (χ1n) is 3.21. The molecular weight excluding hydrogens is 100 g/mol. The van der Waals surface area contributed by atoms with Crippen molar-refractivity contribution in [2.45, 2.75) is 32.5 Å². The van der Waals surface area contributed by atoms with Crippen molar-refractivity contribution >= 4 is 0 Å². The Morgan fingerprint density at radius 1 is 1.62 bits per heavy atom. The van der Waals surface area contributed by atoms with E-state index >= 15 is 0 Å². The maximum atomic E-state index is 4.20. The van der Waals surface area contributed by atoms with Crippen LogP contribution in [-0.2, 0) is 0 Å². The Labute approximate surface area is 50.7 Å². The van der Waals surface area contributed by atoms with Gasteiger partial charge in [0.25, 0.3) is 0 Å². The van der Waals surface area contributed by atoms with E-state index in [-0.39, 0.29) is 0 Å². The quantitative estimate of drug-likeness (QED) is 0.548. The number of rotatable bonds is 2. The molecule has 1 fully saturated rings. The molecule has 0 spiro atoms. The van der Waals surface area contributed by atoms with Crippen LogP contribution in [0.25, 0.3) is 0 Å². The van der Waals surface area contributed by atoms with Gasteiger partial charge in [0.05, 0.1) is 6.17 Å². The minimum Gasteiger partial charge on any atom is -0.298 e. The molecule has 0 bridgehead atoms. The van der Waals surface area contributed by atoms with Gasteiger partial charge in [0.15, 0.2) is 0 Å². The predicted molar refractivity (Wildman–Crippen MR) is 33.7 cm³/mol. The van der Waals surface area contributed by atoms with E-state index < -0.39 is 0 Å². The first kappa shape index (κ1) is 6.05. The minimum absolute atomic E-state index is 0.481. The molecule has 0 aromatic carbocycles. The molecule has 1 aliphatic rings. The molecule has 1 rings (SSSR count). The Morgan fingerprint density at radius 2 is 2.25 bits per heavy atom. The molecule has 1 radical (unpaired) electrons. The number of nitrogens with one attached hydrogen (secondary N) is 1. The zero-order chi connectivity index (χ0) is 5.98. The number of hydrogen-bond acceptors (Lipinski definition) is 1. The van der Waals surface area contributed by atoms with Crippen LogP contribution in [0.1, 0.15) is 20.3 Å². The zero-order valence-corrected chi connectivity index (χ0v) is 5.52. The molecule has 1 atom stereocenters. The molecule has 1 saturated heterocycles. The van der Waals surface area contributed by atoms with Crippen molar-refractivity contribution in [2.24, 2.45) is 0 Å². The fourth-order valence-electron chi connectivity index (χ4n) is 0.779. The topological polar surface area (TPSA) is 26.1 Å². The van der Waals surface area contributed by atoms with Crippen LogP contribution in [0.4, 0.5) is 0 Å². The van der Waals surface area contributed by atoms with Gasteiger partial charge in [-0.05, 0) is 20.3 Å². The summed E-state index contributed by atoms with van der Waals surface area (Å²) in [7, 11) is 0. The summed E-state index contributed by atoms with van der Waals surface area (Å²) in [6.07, 6.45) is 1.72. The Balaban J connectivity index is 2.01. The maximum Gasteiger partial charge on any atom is 0.0750 e. The van der Waals surface area contributed by atoms with Gasteiger partial charge in [0.2, 0.25) is 0 Å². The molecule has 1 aliphatic heterocycles. The fraction of sp³-hybridized carbons (Fsp3) is 1.00. The van der Waals surface area contributed by atoms with E-state index in [2.05, 4.69) is 24.5 Å². The summed E-state index contributed by atoms with van der Waals surface area (Å²) in [4.78, 5) is 0. The third kappa shape index (κ3) is 1.46. The van der Waals surface area contributed by atoms with Crippen molar-refractivity contribution in [3.8, 4) is 0 Å². The van der Waals surface area contributed by atoms with Gasteiger partial charge in [-0.3, -0.25) is 5.32 Å². The molecule has 0 amide bonds. The average molecular weight is 113 g/mol. The third-order valence-corrected chi connectivity index (χ3v) is 1.28. The smallest absolute Gasteiger partial charge is 0.0750 e. The first-order valence-corrected chi connectivity index (χ1v) is 3.21. The van der Waals surface area contributed by atoms with Crippen LogP contribution >= 0.6 is 0 Å². The summed E-state index contributed by atoms with van der Waals surface area (Å²) < 4.78 is 0. The molecule has 1 N–H and O–H groups in total. The summed E-state index contributed by atoms with van der Waals surface area (Å²) in [5.41, 5.74) is 0. The molecular formula is C6H13N2. The van der Waals surface area contributed by atoms with Gasteiger partial charge in [-0.25, -0.2) is 5.32 Å². The van der Waals surface area contributed by atoms with Crippen molar-refractivity contribution in [2.75, 3.05) is 6.54 Å². The molecule has 0 aromatic heterocycles. The predicted octanol–water partition coefficient (Wildman–Crippen LogP) is 0.319. The lowest BCUT2D eigenvalue weighted by Gasteiger charge is -2.28. The highest BCUT2D eigenvalue weighted by Crippen LogP contribution is 2.00. The lowest BCUT2D eigenvalue weighted by molar-refractivity contribution is 0.282. The van der Waals surface area contributed by atoms with E-state index in [0.29, 0.717) is 12.2 Å². The van der Waals surface area contributed by atoms with Gasteiger partial charge >= 0.3 is 0 Å². The van der Waals surface area contributed by atoms with Crippen LogP contribution < -0.4 is 10.6 Å². The van der Waals surface area contributed by atoms with Crippen LogP contribution in [-0.4, -0.2) is 18.8 Å². The van der Waals surface area contributed by atoms with E-state index in [1.54, 1.807) is 0 Å². The Kier molecular flexibility index (Phi) is 1.86. The monoisotopic (exact) mass is 113 g/mol. The largest absolute Gasteiger partial charge is 0.298 e. The van der Waals surface area contributed by atoms with E-state index in [1.165, 1.54) is 6.42 Å². The van der Waals surface area contributed by atoms with Gasteiger partial charge in [0.1, 0.15) is 0 Å². The van der Waals surface area contributed by atoms with E-state index in [1.807, 2.05) is 0 Å². The van der Waals surface area contributed by atoms with E-state index in [0.717, 1.165) is 6.54 Å². The van der Waals surface area contributed by atoms with Crippen LogP contribution in [0.2, 0.25) is 0 Å². The molecule has 0 aromatic rings. The van der Waals surface area contributed by atoms with Gasteiger partial charge in [-0.15, -0.1) is 0 Å². The van der Waals surface area contributed by atoms with Gasteiger partial charge < -0.3 is 0 Å². The van der Waals surface area contributed by atoms with Crippen molar-refractivity contribution in [3.63, 3.8) is 0 Å². The molecule has 0 saturated carbocycles. The lowest BCUT2D eigenvalue weighted by atomic mass is 10.2. The van der Waals surface area contributed by atoms with E-state index in [4.69, 9.17) is 0 Å². The van der Waals surface area contributed by atoms with Gasteiger partial charge in [-0.1, -0.05) is 0 Å². The first-order chi connectivity index (χ1) is 3.79. The van der Waals surface area contributed by atoms with Gasteiger partial charge in [-0.2, -0.15) is 0 Å². The van der Waals surface area contributed by atoms with Crippen LogP contribution in [0.15, 0.2) is 0 Å². The highest BCUT2D eigenvalue weighted by Gasteiger charge is 2.17. The highest BCUT2D eigenvalue weighted by atomic mass is 15.2. The minimum atomic E-state index is 0.481. The molecule has 47 valence electrons. The lowest BCUT2D eigenvalue weighted by Crippen LogP contribution is -2.50. The molecule has 2 nitrogen and oxygen atoms in total. The maximum absolute atomic E-state index is 4.20. The van der Waals surface area contributed by atoms with E-state index in [9.17, 15) is 0 Å². The van der Waals surface area contributed by atoms with Crippen molar-refractivity contribution < 1.29 is 0 Å². The summed E-state index contributed by atoms with van der Waals surface area (Å²) in [6.45, 7) is 5.35. The standard InChI is InChI=1S/C6H13N2/c1-5(2)8-6-3-4-7-6/h5-6,8H,3-4H2,1-2H3. The second kappa shape index (κ2) is 2.46. The Hall–Kier alpha value is -0.0800. The second-order valence-corrected chi connectivity index (χ2v) is 2.53. The van der Waals surface area contributed by atoms with Gasteiger partial charge in [0, 0.05) is 12.6 Å². The summed E-state index contributed by atoms with van der Waals surface area (Å²) >= 11 is 0. The number of hydrogen-bond donors (Lipinski definition) is 1. The molecule has 0 aliphatic carbocycles. The summed E-state index contributed by atoms with van der Waals surface area (Å²) in [6, 6.07) is 0.587. The SMILES string of the molecule is CC(C)NC1CC[N]1. The molecule has 1 unspecified atom stereocenters. The normalized spacial score (nSPS) is 28.1. The highest BCUT2D eigenvalue weighted by molar-refractivity contribution is 4.75. The summed E-state index contributed by atoms with van der Waals surface area (Å²) in [5.74, 6) is 0.